The monoisotopic (exact) mass is 195 g/mol. The van der Waals surface area contributed by atoms with E-state index in [1.807, 2.05) is 0 Å². The second-order valence-electron chi connectivity index (χ2n) is 3.42. The molecule has 2 N–H and O–H groups in total. The normalized spacial score (nSPS) is 21.1. The first-order chi connectivity index (χ1) is 6.74. The van der Waals surface area contributed by atoms with E-state index >= 15 is 0 Å². The van der Waals surface area contributed by atoms with Crippen LogP contribution in [0, 0.1) is 6.92 Å². The van der Waals surface area contributed by atoms with Crippen molar-refractivity contribution in [3.8, 4) is 0 Å². The molecule has 1 aromatic heterocycles. The van der Waals surface area contributed by atoms with Crippen LogP contribution in [0.5, 0.6) is 0 Å². The Labute approximate surface area is 81.5 Å². The minimum Gasteiger partial charge on any atom is -0.379 e. The summed E-state index contributed by atoms with van der Waals surface area (Å²) < 4.78 is 5.21. The fourth-order valence-electron chi connectivity index (χ4n) is 1.51. The molecule has 0 aliphatic carbocycles. The Morgan fingerprint density at radius 2 is 2.57 bits per heavy atom. The number of hydrogen-bond acceptors (Lipinski definition) is 4. The predicted molar refractivity (Wildman–Crippen MR) is 52.4 cm³/mol. The van der Waals surface area contributed by atoms with Crippen LogP contribution in [0.4, 0.5) is 5.82 Å². The van der Waals surface area contributed by atoms with E-state index in [1.165, 1.54) is 6.07 Å². The largest absolute Gasteiger partial charge is 0.379 e. The third kappa shape index (κ3) is 2.11. The van der Waals surface area contributed by atoms with Crippen LogP contribution in [-0.4, -0.2) is 29.2 Å². The van der Waals surface area contributed by atoms with Gasteiger partial charge in [0.05, 0.1) is 12.6 Å². The molecule has 2 rings (SSSR count). The number of nitrogens with one attached hydrogen (secondary N) is 2. The van der Waals surface area contributed by atoms with Crippen molar-refractivity contribution in [1.29, 1.82) is 0 Å². The summed E-state index contributed by atoms with van der Waals surface area (Å²) in [5.74, 6) is 1.25. The number of nitrogens with zero attached hydrogens (tertiary/aromatic N) is 1. The Balaban J connectivity index is 2.11. The zero-order chi connectivity index (χ0) is 9.97. The molecule has 0 aromatic carbocycles. The van der Waals surface area contributed by atoms with E-state index in [0.717, 1.165) is 13.0 Å². The van der Waals surface area contributed by atoms with Gasteiger partial charge >= 0.3 is 0 Å². The summed E-state index contributed by atoms with van der Waals surface area (Å²) in [5, 5.41) is 3.17. The van der Waals surface area contributed by atoms with Crippen LogP contribution >= 0.6 is 0 Å². The first-order valence-electron chi connectivity index (χ1n) is 4.66. The number of anilines is 1. The van der Waals surface area contributed by atoms with Gasteiger partial charge < -0.3 is 15.0 Å². The quantitative estimate of drug-likeness (QED) is 0.711. The molecule has 14 heavy (non-hydrogen) atoms. The van der Waals surface area contributed by atoms with Gasteiger partial charge in [0.1, 0.15) is 11.6 Å². The van der Waals surface area contributed by atoms with Crippen molar-refractivity contribution in [2.24, 2.45) is 0 Å². The van der Waals surface area contributed by atoms with E-state index in [2.05, 4.69) is 15.3 Å². The van der Waals surface area contributed by atoms with Crippen LogP contribution in [0.3, 0.4) is 0 Å². The molecular formula is C9H13N3O2. The van der Waals surface area contributed by atoms with E-state index in [1.54, 1.807) is 6.92 Å². The average molecular weight is 195 g/mol. The van der Waals surface area contributed by atoms with Crippen LogP contribution in [0.25, 0.3) is 0 Å². The van der Waals surface area contributed by atoms with Gasteiger partial charge in [0, 0.05) is 12.7 Å². The summed E-state index contributed by atoms with van der Waals surface area (Å²) in [4.78, 5) is 17.9. The molecule has 1 atom stereocenters. The molecule has 1 aromatic rings. The van der Waals surface area contributed by atoms with Crippen LogP contribution in [0.1, 0.15) is 12.2 Å². The van der Waals surface area contributed by atoms with Crippen LogP contribution < -0.4 is 10.9 Å². The highest BCUT2D eigenvalue weighted by Gasteiger charge is 2.15. The summed E-state index contributed by atoms with van der Waals surface area (Å²) in [6.45, 7) is 3.23. The molecule has 1 fully saturated rings. The molecule has 1 aliphatic rings. The topological polar surface area (TPSA) is 67.0 Å². The lowest BCUT2D eigenvalue weighted by molar-refractivity contribution is 0.195. The van der Waals surface area contributed by atoms with Gasteiger partial charge in [0.15, 0.2) is 0 Å². The number of hydrogen-bond donors (Lipinski definition) is 2. The van der Waals surface area contributed by atoms with Crippen LogP contribution in [-0.2, 0) is 4.74 Å². The Morgan fingerprint density at radius 3 is 3.21 bits per heavy atom. The molecular weight excluding hydrogens is 182 g/mol. The van der Waals surface area contributed by atoms with Crippen molar-refractivity contribution < 1.29 is 4.74 Å². The molecule has 76 valence electrons. The summed E-state index contributed by atoms with van der Waals surface area (Å²) in [6.07, 6.45) is 0.966. The Kier molecular flexibility index (Phi) is 2.49. The lowest BCUT2D eigenvalue weighted by atomic mass is 10.2. The minimum absolute atomic E-state index is 0.126. The molecule has 5 nitrogen and oxygen atoms in total. The highest BCUT2D eigenvalue weighted by Crippen LogP contribution is 2.09. The summed E-state index contributed by atoms with van der Waals surface area (Å²) in [5.41, 5.74) is -0.126. The smallest absolute Gasteiger partial charge is 0.252 e. The number of aromatic amines is 1. The molecule has 0 radical (unpaired) electrons. The number of ether oxygens (including phenoxy) is 1. The predicted octanol–water partition coefficient (Wildman–Crippen LogP) is 0.279. The van der Waals surface area contributed by atoms with Gasteiger partial charge in [-0.2, -0.15) is 0 Å². The molecule has 5 heteroatoms. The van der Waals surface area contributed by atoms with Gasteiger partial charge in [-0.3, -0.25) is 4.79 Å². The molecule has 1 unspecified atom stereocenters. The maximum Gasteiger partial charge on any atom is 0.252 e. The van der Waals surface area contributed by atoms with Gasteiger partial charge in [-0.05, 0) is 13.3 Å². The highest BCUT2D eigenvalue weighted by molar-refractivity contribution is 5.34. The van der Waals surface area contributed by atoms with Crippen molar-refractivity contribution >= 4 is 5.82 Å². The first kappa shape index (κ1) is 9.21. The molecule has 0 bridgehead atoms. The zero-order valence-corrected chi connectivity index (χ0v) is 8.04. The number of rotatable bonds is 2. The van der Waals surface area contributed by atoms with Crippen molar-refractivity contribution in [3.05, 3.63) is 22.2 Å². The van der Waals surface area contributed by atoms with Crippen molar-refractivity contribution in [2.45, 2.75) is 19.4 Å². The number of aromatic nitrogens is 2. The fourth-order valence-corrected chi connectivity index (χ4v) is 1.51. The second-order valence-corrected chi connectivity index (χ2v) is 3.42. The Bertz CT molecular complexity index is 369. The number of H-pyrrole nitrogens is 1. The van der Waals surface area contributed by atoms with E-state index < -0.39 is 0 Å². The number of aryl methyl sites for hydroxylation is 1. The third-order valence-electron chi connectivity index (χ3n) is 2.14. The van der Waals surface area contributed by atoms with Gasteiger partial charge in [0.25, 0.3) is 5.56 Å². The minimum atomic E-state index is -0.126. The Morgan fingerprint density at radius 1 is 1.71 bits per heavy atom. The summed E-state index contributed by atoms with van der Waals surface area (Å²) in [7, 11) is 0. The van der Waals surface area contributed by atoms with Crippen molar-refractivity contribution in [3.63, 3.8) is 0 Å². The first-order valence-corrected chi connectivity index (χ1v) is 4.66. The van der Waals surface area contributed by atoms with Gasteiger partial charge in [0.2, 0.25) is 0 Å². The molecule has 0 amide bonds. The molecule has 0 spiro atoms. The fraction of sp³-hybridized carbons (Fsp3) is 0.556. The van der Waals surface area contributed by atoms with E-state index in [9.17, 15) is 4.79 Å². The zero-order valence-electron chi connectivity index (χ0n) is 8.04. The molecule has 2 heterocycles. The molecule has 1 aliphatic heterocycles. The van der Waals surface area contributed by atoms with Crippen molar-refractivity contribution in [2.75, 3.05) is 18.5 Å². The van der Waals surface area contributed by atoms with Gasteiger partial charge in [-0.15, -0.1) is 0 Å². The Hall–Kier alpha value is -1.36. The summed E-state index contributed by atoms with van der Waals surface area (Å²) >= 11 is 0. The maximum atomic E-state index is 11.1. The second kappa shape index (κ2) is 3.79. The average Bonchev–Trinajstić information content (AvgIpc) is 2.54. The van der Waals surface area contributed by atoms with E-state index in [4.69, 9.17) is 4.74 Å². The van der Waals surface area contributed by atoms with Crippen molar-refractivity contribution in [1.82, 2.24) is 9.97 Å². The van der Waals surface area contributed by atoms with E-state index in [0.29, 0.717) is 18.2 Å². The molecule has 0 saturated carbocycles. The van der Waals surface area contributed by atoms with Crippen LogP contribution in [0.15, 0.2) is 10.9 Å². The third-order valence-corrected chi connectivity index (χ3v) is 2.14. The van der Waals surface area contributed by atoms with Gasteiger partial charge in [-0.1, -0.05) is 0 Å². The highest BCUT2D eigenvalue weighted by atomic mass is 16.5. The summed E-state index contributed by atoms with van der Waals surface area (Å²) in [6, 6.07) is 1.74. The SMILES string of the molecule is Cc1nc(NC2CCOC2)cc(=O)[nH]1. The lowest BCUT2D eigenvalue weighted by Crippen LogP contribution is -2.22. The standard InChI is InChI=1S/C9H13N3O2/c1-6-10-8(4-9(13)11-6)12-7-2-3-14-5-7/h4,7H,2-3,5H2,1H3,(H2,10,11,12,13). The van der Waals surface area contributed by atoms with Gasteiger partial charge in [-0.25, -0.2) is 4.98 Å². The maximum absolute atomic E-state index is 11.1. The lowest BCUT2D eigenvalue weighted by Gasteiger charge is -2.10. The molecule has 1 saturated heterocycles. The van der Waals surface area contributed by atoms with Crippen LogP contribution in [0.2, 0.25) is 0 Å². The van der Waals surface area contributed by atoms with E-state index in [-0.39, 0.29) is 11.6 Å².